The molecule has 1 rings (SSSR count). The maximum atomic E-state index is 11.3. The SMILES string of the molecule is C=C1C[C@@H](O[Si](C)(C)C(C)(C)C)[C@H](/C=C/[C@@H](O[Si](C)(C)C(C)(C)C)C(C)CC#CC)[C@H]1C/C(Br)=C/CCC(C)C(=O)O. The van der Waals surface area contributed by atoms with Gasteiger partial charge in [0.2, 0.25) is 0 Å². The lowest BCUT2D eigenvalue weighted by atomic mass is 9.88. The summed E-state index contributed by atoms with van der Waals surface area (Å²) in [5, 5.41) is 9.48. The standard InChI is InChI=1S/C35H61BrO4Si2/c1-15-16-18-25(2)31(39-41(11,12)34(5,6)7)22-21-29-30(24-28(36)20-17-19-26(3)33(37)38)27(4)23-32(29)40-42(13,14)35(8,9)10/h20-22,25-26,29-32H,4,17-19,23-24H2,1-3,5-14H3,(H,37,38)/b22-21+,28-20-/t25?,26?,29-,30+,31-,32-/m1/s1. The van der Waals surface area contributed by atoms with Gasteiger partial charge in [-0.15, -0.1) is 11.8 Å². The summed E-state index contributed by atoms with van der Waals surface area (Å²) in [6.45, 7) is 33.5. The minimum Gasteiger partial charge on any atom is -0.481 e. The highest BCUT2D eigenvalue weighted by molar-refractivity contribution is 9.11. The Balaban J connectivity index is 3.44. The fourth-order valence-electron chi connectivity index (χ4n) is 4.68. The van der Waals surface area contributed by atoms with E-state index in [4.69, 9.17) is 8.85 Å². The van der Waals surface area contributed by atoms with Gasteiger partial charge in [-0.2, -0.15) is 0 Å². The number of rotatable bonds is 14. The summed E-state index contributed by atoms with van der Waals surface area (Å²) in [6, 6.07) is 0. The van der Waals surface area contributed by atoms with E-state index in [1.165, 1.54) is 5.57 Å². The summed E-state index contributed by atoms with van der Waals surface area (Å²) in [6.07, 6.45) is 10.7. The summed E-state index contributed by atoms with van der Waals surface area (Å²) in [4.78, 5) is 11.3. The van der Waals surface area contributed by atoms with Gasteiger partial charge in [-0.3, -0.25) is 4.79 Å². The Morgan fingerprint density at radius 3 is 2.19 bits per heavy atom. The molecule has 1 saturated carbocycles. The summed E-state index contributed by atoms with van der Waals surface area (Å²) in [7, 11) is -4.03. The first-order valence-electron chi connectivity index (χ1n) is 15.7. The maximum Gasteiger partial charge on any atom is 0.306 e. The van der Waals surface area contributed by atoms with Crippen molar-refractivity contribution in [3.8, 4) is 11.8 Å². The van der Waals surface area contributed by atoms with Crippen LogP contribution in [0.1, 0.15) is 94.4 Å². The van der Waals surface area contributed by atoms with Crippen LogP contribution in [0.3, 0.4) is 0 Å². The topological polar surface area (TPSA) is 55.8 Å². The van der Waals surface area contributed by atoms with E-state index in [0.717, 1.165) is 30.2 Å². The maximum absolute atomic E-state index is 11.3. The van der Waals surface area contributed by atoms with E-state index in [0.29, 0.717) is 6.42 Å². The molecular formula is C35H61BrO4Si2. The Morgan fingerprint density at radius 1 is 1.12 bits per heavy atom. The molecule has 0 radical (unpaired) electrons. The van der Waals surface area contributed by atoms with Crippen LogP contribution in [0.5, 0.6) is 0 Å². The van der Waals surface area contributed by atoms with Gasteiger partial charge in [-0.05, 0) is 85.2 Å². The van der Waals surface area contributed by atoms with E-state index in [-0.39, 0.29) is 46.0 Å². The fraction of sp³-hybridized carbons (Fsp3) is 0.743. The Kier molecular flexibility index (Phi) is 14.8. The number of hydrogen-bond acceptors (Lipinski definition) is 3. The highest BCUT2D eigenvalue weighted by Crippen LogP contribution is 2.47. The second-order valence-electron chi connectivity index (χ2n) is 15.5. The molecule has 0 saturated heterocycles. The summed E-state index contributed by atoms with van der Waals surface area (Å²) in [5.41, 5.74) is 1.23. The first-order chi connectivity index (χ1) is 19.0. The molecule has 1 aliphatic carbocycles. The summed E-state index contributed by atoms with van der Waals surface area (Å²) < 4.78 is 15.2. The van der Waals surface area contributed by atoms with Crippen molar-refractivity contribution in [2.24, 2.45) is 23.7 Å². The molecule has 4 nitrogen and oxygen atoms in total. The second-order valence-corrected chi connectivity index (χ2v) is 26.0. The predicted octanol–water partition coefficient (Wildman–Crippen LogP) is 10.7. The Labute approximate surface area is 269 Å². The molecule has 1 aliphatic rings. The van der Waals surface area contributed by atoms with Gasteiger partial charge in [-0.1, -0.05) is 102 Å². The fourth-order valence-corrected chi connectivity index (χ4v) is 7.95. The lowest BCUT2D eigenvalue weighted by molar-refractivity contribution is -0.141. The van der Waals surface area contributed by atoms with Crippen molar-refractivity contribution in [1.82, 2.24) is 0 Å². The molecule has 0 aromatic rings. The van der Waals surface area contributed by atoms with Crippen molar-refractivity contribution in [1.29, 1.82) is 0 Å². The number of allylic oxidation sites excluding steroid dienone is 2. The smallest absolute Gasteiger partial charge is 0.306 e. The quantitative estimate of drug-likeness (QED) is 0.113. The monoisotopic (exact) mass is 680 g/mol. The van der Waals surface area contributed by atoms with E-state index in [2.05, 4.69) is 127 Å². The number of aliphatic carboxylic acids is 1. The van der Waals surface area contributed by atoms with E-state index in [1.807, 2.05) is 6.92 Å². The second kappa shape index (κ2) is 15.9. The van der Waals surface area contributed by atoms with Gasteiger partial charge >= 0.3 is 5.97 Å². The molecule has 1 fully saturated rings. The summed E-state index contributed by atoms with van der Waals surface area (Å²) in [5.74, 6) is 5.94. The molecule has 0 bridgehead atoms. The van der Waals surface area contributed by atoms with Gasteiger partial charge in [0.05, 0.1) is 18.1 Å². The van der Waals surface area contributed by atoms with Crippen molar-refractivity contribution in [3.63, 3.8) is 0 Å². The Hall–Kier alpha value is -0.916. The van der Waals surface area contributed by atoms with Crippen molar-refractivity contribution >= 4 is 38.5 Å². The average Bonchev–Trinajstić information content (AvgIpc) is 3.11. The van der Waals surface area contributed by atoms with Crippen LogP contribution in [0, 0.1) is 35.5 Å². The third-order valence-electron chi connectivity index (χ3n) is 9.86. The molecule has 7 heteroatoms. The number of carboxylic acids is 1. The highest BCUT2D eigenvalue weighted by atomic mass is 79.9. The zero-order valence-corrected chi connectivity index (χ0v) is 32.6. The molecule has 2 unspecified atom stereocenters. The third-order valence-corrected chi connectivity index (χ3v) is 19.5. The van der Waals surface area contributed by atoms with Crippen molar-refractivity contribution in [2.45, 2.75) is 143 Å². The molecular weight excluding hydrogens is 620 g/mol. The molecule has 0 aliphatic heterocycles. The van der Waals surface area contributed by atoms with Crippen LogP contribution >= 0.6 is 15.9 Å². The van der Waals surface area contributed by atoms with E-state index in [1.54, 1.807) is 6.92 Å². The van der Waals surface area contributed by atoms with Crippen LogP contribution in [0.25, 0.3) is 0 Å². The molecule has 0 heterocycles. The Morgan fingerprint density at radius 2 is 1.69 bits per heavy atom. The van der Waals surface area contributed by atoms with Gasteiger partial charge in [0, 0.05) is 12.3 Å². The third kappa shape index (κ3) is 11.5. The normalized spacial score (nSPS) is 23.0. The number of carboxylic acid groups (broad SMARTS) is 1. The predicted molar refractivity (Wildman–Crippen MR) is 189 cm³/mol. The van der Waals surface area contributed by atoms with Crippen molar-refractivity contribution < 1.29 is 18.8 Å². The summed E-state index contributed by atoms with van der Waals surface area (Å²) >= 11 is 3.82. The molecule has 240 valence electrons. The van der Waals surface area contributed by atoms with Crippen LogP contribution in [-0.2, 0) is 13.6 Å². The van der Waals surface area contributed by atoms with Crippen LogP contribution < -0.4 is 0 Å². The minimum absolute atomic E-state index is 0.0220. The lowest BCUT2D eigenvalue weighted by Crippen LogP contribution is -2.45. The van der Waals surface area contributed by atoms with Crippen LogP contribution in [-0.4, -0.2) is 39.9 Å². The van der Waals surface area contributed by atoms with Gasteiger partial charge in [-0.25, -0.2) is 0 Å². The molecule has 6 atom stereocenters. The van der Waals surface area contributed by atoms with Gasteiger partial charge in [0.25, 0.3) is 0 Å². The zero-order valence-electron chi connectivity index (χ0n) is 29.0. The van der Waals surface area contributed by atoms with Gasteiger partial charge in [0.15, 0.2) is 16.6 Å². The zero-order chi connectivity index (χ0) is 32.7. The largest absolute Gasteiger partial charge is 0.481 e. The number of halogens is 1. The lowest BCUT2D eigenvalue weighted by Gasteiger charge is -2.41. The highest BCUT2D eigenvalue weighted by Gasteiger charge is 2.45. The van der Waals surface area contributed by atoms with E-state index < -0.39 is 22.6 Å². The van der Waals surface area contributed by atoms with Gasteiger partial charge < -0.3 is 14.0 Å². The number of hydrogen-bond donors (Lipinski definition) is 1. The van der Waals surface area contributed by atoms with Crippen LogP contribution in [0.4, 0.5) is 0 Å². The molecule has 0 amide bonds. The van der Waals surface area contributed by atoms with E-state index >= 15 is 0 Å². The van der Waals surface area contributed by atoms with Crippen LogP contribution in [0.15, 0.2) is 34.9 Å². The first-order valence-corrected chi connectivity index (χ1v) is 22.3. The molecule has 42 heavy (non-hydrogen) atoms. The van der Waals surface area contributed by atoms with Crippen LogP contribution in [0.2, 0.25) is 36.3 Å². The van der Waals surface area contributed by atoms with Crippen molar-refractivity contribution in [3.05, 3.63) is 34.9 Å². The first kappa shape index (κ1) is 39.1. The molecule has 0 aromatic heterocycles. The minimum atomic E-state index is -2.02. The Bertz CT molecular complexity index is 1040. The average molecular weight is 682 g/mol. The van der Waals surface area contributed by atoms with Crippen molar-refractivity contribution in [2.75, 3.05) is 0 Å². The number of carbonyl (C=O) groups is 1. The van der Waals surface area contributed by atoms with E-state index in [9.17, 15) is 9.90 Å². The molecule has 1 N–H and O–H groups in total. The molecule has 0 spiro atoms. The van der Waals surface area contributed by atoms with Gasteiger partial charge in [0.1, 0.15) is 0 Å². The molecule has 0 aromatic carbocycles.